The van der Waals surface area contributed by atoms with Crippen LogP contribution < -0.4 is 15.0 Å². The maximum absolute atomic E-state index is 13.6. The lowest BCUT2D eigenvalue weighted by molar-refractivity contribution is -0.139. The molecule has 3 aliphatic rings. The van der Waals surface area contributed by atoms with Crippen molar-refractivity contribution in [1.29, 1.82) is 0 Å². The Morgan fingerprint density at radius 2 is 1.88 bits per heavy atom. The summed E-state index contributed by atoms with van der Waals surface area (Å²) < 4.78 is 5.29. The summed E-state index contributed by atoms with van der Waals surface area (Å²) >= 11 is 0. The van der Waals surface area contributed by atoms with Crippen LogP contribution in [0.2, 0.25) is 0 Å². The van der Waals surface area contributed by atoms with Crippen LogP contribution in [-0.2, 0) is 11.3 Å². The molecule has 3 heterocycles. The van der Waals surface area contributed by atoms with Crippen molar-refractivity contribution in [2.24, 2.45) is 0 Å². The highest BCUT2D eigenvalue weighted by atomic mass is 16.5. The molecule has 2 aromatic carbocycles. The molecule has 3 saturated heterocycles. The number of carbonyl (C=O) groups is 2. The first kappa shape index (κ1) is 20.8. The third-order valence-electron chi connectivity index (χ3n) is 6.70. The van der Waals surface area contributed by atoms with Gasteiger partial charge in [-0.2, -0.15) is 0 Å². The fourth-order valence-electron chi connectivity index (χ4n) is 5.10. The molecule has 2 aromatic rings. The van der Waals surface area contributed by atoms with Crippen LogP contribution in [0, 0.1) is 6.92 Å². The number of hydrogen-bond donors (Lipinski definition) is 1. The van der Waals surface area contributed by atoms with Gasteiger partial charge in [0.05, 0.1) is 13.7 Å². The number of imide groups is 1. The molecule has 3 aliphatic heterocycles. The number of aryl methyl sites for hydroxylation is 1. The van der Waals surface area contributed by atoms with Crippen LogP contribution >= 0.6 is 0 Å². The fraction of sp³-hybridized carbons (Fsp3) is 0.417. The highest BCUT2D eigenvalue weighted by molar-refractivity contribution is 6.00. The summed E-state index contributed by atoms with van der Waals surface area (Å²) in [6.45, 7) is 3.97. The summed E-state index contributed by atoms with van der Waals surface area (Å²) in [5, 5.41) is 3.55. The maximum Gasteiger partial charge on any atom is 0.328 e. The van der Waals surface area contributed by atoms with Gasteiger partial charge in [0.15, 0.2) is 0 Å². The van der Waals surface area contributed by atoms with Gasteiger partial charge >= 0.3 is 6.03 Å². The molecule has 0 aliphatic carbocycles. The second-order valence-electron chi connectivity index (χ2n) is 8.72. The monoisotopic (exact) mass is 435 g/mol. The quantitative estimate of drug-likeness (QED) is 0.794. The molecule has 0 saturated carbocycles. The SMILES string of the molecule is COc1ccc(N2CCCN3C4C(=O)N(Cc5cccc(C)c5)C(=O)N(C)C4NC23)cc1. The van der Waals surface area contributed by atoms with Gasteiger partial charge in [0.25, 0.3) is 5.91 Å². The predicted molar refractivity (Wildman–Crippen MR) is 121 cm³/mol. The van der Waals surface area contributed by atoms with Crippen molar-refractivity contribution in [3.8, 4) is 5.75 Å². The van der Waals surface area contributed by atoms with Crippen molar-refractivity contribution in [3.05, 3.63) is 59.7 Å². The molecule has 8 nitrogen and oxygen atoms in total. The van der Waals surface area contributed by atoms with E-state index in [1.165, 1.54) is 4.90 Å². The molecule has 0 bridgehead atoms. The van der Waals surface area contributed by atoms with Crippen molar-refractivity contribution < 1.29 is 14.3 Å². The number of amides is 3. The van der Waals surface area contributed by atoms with Crippen molar-refractivity contribution in [2.45, 2.75) is 38.4 Å². The molecule has 5 rings (SSSR count). The van der Waals surface area contributed by atoms with Gasteiger partial charge in [-0.05, 0) is 43.2 Å². The molecule has 3 amide bonds. The van der Waals surface area contributed by atoms with Crippen molar-refractivity contribution in [3.63, 3.8) is 0 Å². The van der Waals surface area contributed by atoms with Crippen LogP contribution in [0.15, 0.2) is 48.5 Å². The van der Waals surface area contributed by atoms with E-state index in [1.807, 2.05) is 55.5 Å². The minimum Gasteiger partial charge on any atom is -0.497 e. The van der Waals surface area contributed by atoms with Crippen molar-refractivity contribution in [2.75, 3.05) is 32.1 Å². The van der Waals surface area contributed by atoms with Gasteiger partial charge in [-0.3, -0.25) is 19.9 Å². The van der Waals surface area contributed by atoms with E-state index in [9.17, 15) is 9.59 Å². The van der Waals surface area contributed by atoms with Crippen LogP contribution in [0.3, 0.4) is 0 Å². The Bertz CT molecular complexity index is 1030. The van der Waals surface area contributed by atoms with Gasteiger partial charge in [-0.25, -0.2) is 4.79 Å². The maximum atomic E-state index is 13.6. The number of anilines is 1. The number of ether oxygens (including phenoxy) is 1. The van der Waals surface area contributed by atoms with E-state index in [0.29, 0.717) is 0 Å². The zero-order valence-corrected chi connectivity index (χ0v) is 18.7. The van der Waals surface area contributed by atoms with Crippen LogP contribution in [0.5, 0.6) is 5.75 Å². The second-order valence-corrected chi connectivity index (χ2v) is 8.72. The van der Waals surface area contributed by atoms with Crippen LogP contribution in [0.25, 0.3) is 0 Å². The lowest BCUT2D eigenvalue weighted by atomic mass is 10.1. The molecule has 1 N–H and O–H groups in total. The molecule has 3 atom stereocenters. The second kappa shape index (κ2) is 8.11. The van der Waals surface area contributed by atoms with E-state index in [2.05, 4.69) is 15.1 Å². The Kier molecular flexibility index (Phi) is 5.27. The first-order valence-corrected chi connectivity index (χ1v) is 11.0. The average molecular weight is 436 g/mol. The molecule has 0 spiro atoms. The fourth-order valence-corrected chi connectivity index (χ4v) is 5.10. The van der Waals surface area contributed by atoms with E-state index in [-0.39, 0.29) is 30.9 Å². The zero-order valence-electron chi connectivity index (χ0n) is 18.7. The molecule has 0 radical (unpaired) electrons. The Hall–Kier alpha value is -3.10. The largest absolute Gasteiger partial charge is 0.497 e. The number of rotatable bonds is 4. The summed E-state index contributed by atoms with van der Waals surface area (Å²) in [5.74, 6) is 0.675. The molecule has 168 valence electrons. The van der Waals surface area contributed by atoms with Gasteiger partial charge < -0.3 is 14.5 Å². The van der Waals surface area contributed by atoms with E-state index < -0.39 is 6.04 Å². The average Bonchev–Trinajstić information content (AvgIpc) is 3.21. The Balaban J connectivity index is 1.42. The summed E-state index contributed by atoms with van der Waals surface area (Å²) in [7, 11) is 3.43. The minimum absolute atomic E-state index is 0.133. The smallest absolute Gasteiger partial charge is 0.328 e. The first-order chi connectivity index (χ1) is 15.5. The van der Waals surface area contributed by atoms with Gasteiger partial charge in [-0.15, -0.1) is 0 Å². The first-order valence-electron chi connectivity index (χ1n) is 11.0. The number of nitrogens with one attached hydrogen (secondary N) is 1. The molecule has 32 heavy (non-hydrogen) atoms. The summed E-state index contributed by atoms with van der Waals surface area (Å²) in [6.07, 6.45) is 0.439. The van der Waals surface area contributed by atoms with Gasteiger partial charge in [0.1, 0.15) is 24.2 Å². The normalized spacial score (nSPS) is 25.7. The lowest BCUT2D eigenvalue weighted by Gasteiger charge is -2.44. The summed E-state index contributed by atoms with van der Waals surface area (Å²) in [5.41, 5.74) is 3.13. The molecule has 3 fully saturated rings. The highest BCUT2D eigenvalue weighted by Crippen LogP contribution is 2.34. The minimum atomic E-state index is -0.409. The van der Waals surface area contributed by atoms with E-state index in [4.69, 9.17) is 4.74 Å². The number of fused-ring (bicyclic) bond motifs is 3. The number of benzene rings is 2. The summed E-state index contributed by atoms with van der Waals surface area (Å²) in [4.78, 5) is 34.3. The Morgan fingerprint density at radius 1 is 1.09 bits per heavy atom. The van der Waals surface area contributed by atoms with E-state index >= 15 is 0 Å². The van der Waals surface area contributed by atoms with Crippen LogP contribution in [-0.4, -0.2) is 72.4 Å². The van der Waals surface area contributed by atoms with Crippen LogP contribution in [0.4, 0.5) is 10.5 Å². The Labute approximate surface area is 188 Å². The predicted octanol–water partition coefficient (Wildman–Crippen LogP) is 2.19. The molecule has 0 aromatic heterocycles. The number of nitrogens with zero attached hydrogens (tertiary/aromatic N) is 4. The lowest BCUT2D eigenvalue weighted by Crippen LogP contribution is -2.66. The molecule has 8 heteroatoms. The van der Waals surface area contributed by atoms with Gasteiger partial charge in [0, 0.05) is 25.8 Å². The number of methoxy groups -OCH3 is 1. The number of hydrogen-bond acceptors (Lipinski definition) is 6. The Morgan fingerprint density at radius 3 is 2.59 bits per heavy atom. The third-order valence-corrected chi connectivity index (χ3v) is 6.70. The third kappa shape index (κ3) is 3.40. The number of likely N-dealkylation sites (N-methyl/N-ethyl adjacent to an activating group) is 1. The molecule has 3 unspecified atom stereocenters. The summed E-state index contributed by atoms with van der Waals surface area (Å²) in [6, 6.07) is 15.2. The van der Waals surface area contributed by atoms with Crippen molar-refractivity contribution in [1.82, 2.24) is 20.0 Å². The number of urea groups is 1. The topological polar surface area (TPSA) is 68.4 Å². The zero-order chi connectivity index (χ0) is 22.4. The van der Waals surface area contributed by atoms with Crippen LogP contribution in [0.1, 0.15) is 17.5 Å². The molecular formula is C24H29N5O3. The standard InChI is InChI=1S/C24H29N5O3/c1-16-6-4-7-17(14-16)15-29-22(30)20-21(26(2)24(29)31)25-23-27(12-5-13-28(20)23)18-8-10-19(32-3)11-9-18/h4,6-11,14,20-21,23,25H,5,12-13,15H2,1-3H3. The van der Waals surface area contributed by atoms with Crippen molar-refractivity contribution >= 4 is 17.6 Å². The van der Waals surface area contributed by atoms with Gasteiger partial charge in [0.2, 0.25) is 0 Å². The van der Waals surface area contributed by atoms with Gasteiger partial charge in [-0.1, -0.05) is 29.8 Å². The van der Waals surface area contributed by atoms with E-state index in [1.54, 1.807) is 19.1 Å². The molecular weight excluding hydrogens is 406 g/mol. The van der Waals surface area contributed by atoms with E-state index in [0.717, 1.165) is 42.1 Å². The highest BCUT2D eigenvalue weighted by Gasteiger charge is 2.56. The number of carbonyl (C=O) groups excluding carboxylic acids is 2.